The number of hydrogen-bond acceptors (Lipinski definition) is 2. The van der Waals surface area contributed by atoms with Crippen molar-refractivity contribution in [2.24, 2.45) is 0 Å². The number of hydrogen-bond donors (Lipinski definition) is 0. The van der Waals surface area contributed by atoms with Crippen LogP contribution in [0.4, 0.5) is 0 Å². The Morgan fingerprint density at radius 3 is 2.93 bits per heavy atom. The third kappa shape index (κ3) is 1.66. The summed E-state index contributed by atoms with van der Waals surface area (Å²) >= 11 is 0. The zero-order valence-corrected chi connectivity index (χ0v) is 8.54. The second-order valence-electron chi connectivity index (χ2n) is 3.86. The van der Waals surface area contributed by atoms with E-state index >= 15 is 0 Å². The van der Waals surface area contributed by atoms with Crippen LogP contribution < -0.4 is 4.74 Å². The Balaban J connectivity index is 2.37. The quantitative estimate of drug-likeness (QED) is 0.677. The normalized spacial score (nSPS) is 18.1. The summed E-state index contributed by atoms with van der Waals surface area (Å²) in [5.74, 6) is 0.398. The highest BCUT2D eigenvalue weighted by Gasteiger charge is 2.26. The van der Waals surface area contributed by atoms with E-state index in [4.69, 9.17) is 9.47 Å². The maximum absolute atomic E-state index is 5.66. The first kappa shape index (κ1) is 9.28. The van der Waals surface area contributed by atoms with Crippen LogP contribution in [0, 0.1) is 0 Å². The fourth-order valence-electron chi connectivity index (χ4n) is 1.48. The first-order chi connectivity index (χ1) is 6.61. The van der Waals surface area contributed by atoms with E-state index in [9.17, 15) is 0 Å². The van der Waals surface area contributed by atoms with Crippen LogP contribution in [0.5, 0.6) is 5.75 Å². The van der Waals surface area contributed by atoms with Crippen molar-refractivity contribution in [1.82, 2.24) is 0 Å². The number of fused-ring (bicyclic) bond motifs is 1. The van der Waals surface area contributed by atoms with Crippen LogP contribution in [-0.2, 0) is 11.3 Å². The van der Waals surface area contributed by atoms with Gasteiger partial charge < -0.3 is 9.47 Å². The largest absolute Gasteiger partial charge is 0.463 e. The SMILES string of the molecule is C=Cc1ccc2c(c1)COC(C)(C)O2. The van der Waals surface area contributed by atoms with E-state index in [-0.39, 0.29) is 0 Å². The predicted molar refractivity (Wildman–Crippen MR) is 56.0 cm³/mol. The zero-order chi connectivity index (χ0) is 10.2. The lowest BCUT2D eigenvalue weighted by molar-refractivity contribution is -0.180. The minimum atomic E-state index is -0.511. The predicted octanol–water partition coefficient (Wildman–Crippen LogP) is 2.97. The molecule has 0 radical (unpaired) electrons. The fourth-order valence-corrected chi connectivity index (χ4v) is 1.48. The smallest absolute Gasteiger partial charge is 0.205 e. The molecule has 0 unspecified atom stereocenters. The molecular weight excluding hydrogens is 176 g/mol. The van der Waals surface area contributed by atoms with Gasteiger partial charge in [0.15, 0.2) is 0 Å². The molecule has 2 heteroatoms. The van der Waals surface area contributed by atoms with Gasteiger partial charge in [0.05, 0.1) is 6.61 Å². The summed E-state index contributed by atoms with van der Waals surface area (Å²) in [6.07, 6.45) is 1.82. The molecule has 1 aliphatic heterocycles. The molecule has 0 aliphatic carbocycles. The molecule has 0 amide bonds. The second kappa shape index (κ2) is 3.14. The molecule has 74 valence electrons. The van der Waals surface area contributed by atoms with Crippen LogP contribution in [0.3, 0.4) is 0 Å². The van der Waals surface area contributed by atoms with E-state index in [0.717, 1.165) is 16.9 Å². The Hall–Kier alpha value is -1.28. The Kier molecular flexibility index (Phi) is 2.08. The highest BCUT2D eigenvalue weighted by atomic mass is 16.7. The van der Waals surface area contributed by atoms with E-state index in [1.165, 1.54) is 0 Å². The molecule has 1 aromatic rings. The Labute approximate surface area is 84.2 Å². The van der Waals surface area contributed by atoms with Gasteiger partial charge in [-0.25, -0.2) is 0 Å². The number of ether oxygens (including phenoxy) is 2. The first-order valence-electron chi connectivity index (χ1n) is 4.69. The van der Waals surface area contributed by atoms with E-state index < -0.39 is 5.79 Å². The summed E-state index contributed by atoms with van der Waals surface area (Å²) in [5.41, 5.74) is 2.18. The molecule has 1 aromatic carbocycles. The lowest BCUT2D eigenvalue weighted by Gasteiger charge is -2.32. The van der Waals surface area contributed by atoms with Gasteiger partial charge in [-0.3, -0.25) is 0 Å². The summed E-state index contributed by atoms with van der Waals surface area (Å²) in [6.45, 7) is 8.16. The first-order valence-corrected chi connectivity index (χ1v) is 4.69. The summed E-state index contributed by atoms with van der Waals surface area (Å²) in [6, 6.07) is 6.00. The van der Waals surface area contributed by atoms with E-state index in [2.05, 4.69) is 6.58 Å². The molecule has 0 fully saturated rings. The highest BCUT2D eigenvalue weighted by molar-refractivity contribution is 5.51. The molecule has 0 saturated carbocycles. The topological polar surface area (TPSA) is 18.5 Å². The second-order valence-corrected chi connectivity index (χ2v) is 3.86. The molecule has 0 saturated heterocycles. The molecule has 0 spiro atoms. The van der Waals surface area contributed by atoms with Crippen LogP contribution in [0.2, 0.25) is 0 Å². The monoisotopic (exact) mass is 190 g/mol. The third-order valence-corrected chi connectivity index (χ3v) is 2.25. The van der Waals surface area contributed by atoms with Crippen molar-refractivity contribution in [3.05, 3.63) is 35.9 Å². The minimum absolute atomic E-state index is 0.511. The lowest BCUT2D eigenvalue weighted by Crippen LogP contribution is -2.35. The number of rotatable bonds is 1. The summed E-state index contributed by atoms with van der Waals surface area (Å²) in [5, 5.41) is 0. The van der Waals surface area contributed by atoms with Crippen molar-refractivity contribution in [2.45, 2.75) is 26.2 Å². The molecule has 2 rings (SSSR count). The minimum Gasteiger partial charge on any atom is -0.463 e. The van der Waals surface area contributed by atoms with E-state index in [0.29, 0.717) is 6.61 Å². The highest BCUT2D eigenvalue weighted by Crippen LogP contribution is 2.31. The van der Waals surface area contributed by atoms with Crippen LogP contribution in [-0.4, -0.2) is 5.79 Å². The Morgan fingerprint density at radius 1 is 1.43 bits per heavy atom. The Bertz CT molecular complexity index is 367. The van der Waals surface area contributed by atoms with Crippen molar-refractivity contribution in [3.63, 3.8) is 0 Å². The summed E-state index contributed by atoms with van der Waals surface area (Å²) < 4.78 is 11.2. The molecule has 0 aromatic heterocycles. The fraction of sp³-hybridized carbons (Fsp3) is 0.333. The van der Waals surface area contributed by atoms with Crippen molar-refractivity contribution in [1.29, 1.82) is 0 Å². The van der Waals surface area contributed by atoms with E-state index in [1.54, 1.807) is 0 Å². The molecule has 0 N–H and O–H groups in total. The standard InChI is InChI=1S/C12H14O2/c1-4-9-5-6-11-10(7-9)8-13-12(2,3)14-11/h4-7H,1,8H2,2-3H3. The summed E-state index contributed by atoms with van der Waals surface area (Å²) in [4.78, 5) is 0. The van der Waals surface area contributed by atoms with Crippen LogP contribution >= 0.6 is 0 Å². The zero-order valence-electron chi connectivity index (χ0n) is 8.54. The lowest BCUT2D eigenvalue weighted by atomic mass is 10.1. The van der Waals surface area contributed by atoms with Gasteiger partial charge in [0.2, 0.25) is 5.79 Å². The van der Waals surface area contributed by atoms with Gasteiger partial charge in [-0.1, -0.05) is 18.7 Å². The number of benzene rings is 1. The average molecular weight is 190 g/mol. The maximum atomic E-state index is 5.66. The van der Waals surface area contributed by atoms with Gasteiger partial charge in [-0.15, -0.1) is 0 Å². The Morgan fingerprint density at radius 2 is 2.21 bits per heavy atom. The average Bonchev–Trinajstić information content (AvgIpc) is 2.16. The van der Waals surface area contributed by atoms with Gasteiger partial charge in [-0.05, 0) is 17.7 Å². The molecule has 2 nitrogen and oxygen atoms in total. The van der Waals surface area contributed by atoms with Crippen molar-refractivity contribution in [2.75, 3.05) is 0 Å². The van der Waals surface area contributed by atoms with Gasteiger partial charge in [0.25, 0.3) is 0 Å². The van der Waals surface area contributed by atoms with Gasteiger partial charge in [-0.2, -0.15) is 0 Å². The third-order valence-electron chi connectivity index (χ3n) is 2.25. The summed E-state index contributed by atoms with van der Waals surface area (Å²) in [7, 11) is 0. The molecule has 0 atom stereocenters. The van der Waals surface area contributed by atoms with Crippen LogP contribution in [0.25, 0.3) is 6.08 Å². The molecule has 0 bridgehead atoms. The van der Waals surface area contributed by atoms with Crippen molar-refractivity contribution >= 4 is 6.08 Å². The molecule has 1 aliphatic rings. The van der Waals surface area contributed by atoms with Crippen molar-refractivity contribution in [3.8, 4) is 5.75 Å². The van der Waals surface area contributed by atoms with Crippen LogP contribution in [0.15, 0.2) is 24.8 Å². The maximum Gasteiger partial charge on any atom is 0.205 e. The molecule has 1 heterocycles. The van der Waals surface area contributed by atoms with Gasteiger partial charge in [0, 0.05) is 19.4 Å². The van der Waals surface area contributed by atoms with Gasteiger partial charge in [0.1, 0.15) is 5.75 Å². The van der Waals surface area contributed by atoms with Crippen molar-refractivity contribution < 1.29 is 9.47 Å². The van der Waals surface area contributed by atoms with Crippen LogP contribution in [0.1, 0.15) is 25.0 Å². The molecular formula is C12H14O2. The van der Waals surface area contributed by atoms with E-state index in [1.807, 2.05) is 38.1 Å². The molecule has 14 heavy (non-hydrogen) atoms. The van der Waals surface area contributed by atoms with Gasteiger partial charge >= 0.3 is 0 Å².